The van der Waals surface area contributed by atoms with Crippen LogP contribution in [0.3, 0.4) is 0 Å². The highest BCUT2D eigenvalue weighted by Gasteiger charge is 2.48. The second kappa shape index (κ2) is 3.40. The number of hydrogen-bond donors (Lipinski definition) is 2. The number of rotatable bonds is 3. The highest BCUT2D eigenvalue weighted by atomic mass is 16.2. The Kier molecular flexibility index (Phi) is 2.10. The molecular formula is C13H14N2O2. The van der Waals surface area contributed by atoms with Gasteiger partial charge in [-0.15, -0.1) is 0 Å². The summed E-state index contributed by atoms with van der Waals surface area (Å²) in [6, 6.07) is 5.41. The molecule has 3 N–H and O–H groups in total. The van der Waals surface area contributed by atoms with E-state index in [4.69, 9.17) is 5.73 Å². The molecule has 0 bridgehead atoms. The van der Waals surface area contributed by atoms with Gasteiger partial charge in [0.15, 0.2) is 5.78 Å². The van der Waals surface area contributed by atoms with Crippen LogP contribution in [0.25, 0.3) is 0 Å². The summed E-state index contributed by atoms with van der Waals surface area (Å²) in [5.41, 5.74) is 7.76. The molecule has 0 unspecified atom stereocenters. The summed E-state index contributed by atoms with van der Waals surface area (Å²) in [6.07, 6.45) is 2.14. The van der Waals surface area contributed by atoms with Gasteiger partial charge in [-0.3, -0.25) is 9.59 Å². The van der Waals surface area contributed by atoms with Crippen molar-refractivity contribution in [2.75, 3.05) is 11.9 Å². The second-order valence-electron chi connectivity index (χ2n) is 4.91. The van der Waals surface area contributed by atoms with Crippen molar-refractivity contribution in [3.63, 3.8) is 0 Å². The van der Waals surface area contributed by atoms with Gasteiger partial charge in [0, 0.05) is 23.2 Å². The van der Waals surface area contributed by atoms with E-state index < -0.39 is 0 Å². The molecule has 2 aliphatic rings. The summed E-state index contributed by atoms with van der Waals surface area (Å²) in [6.45, 7) is 0.417. The zero-order chi connectivity index (χ0) is 12.0. The Balaban J connectivity index is 1.93. The minimum absolute atomic E-state index is 0.00967. The van der Waals surface area contributed by atoms with E-state index in [2.05, 4.69) is 5.32 Å². The average molecular weight is 230 g/mol. The summed E-state index contributed by atoms with van der Waals surface area (Å²) >= 11 is 0. The molecule has 0 aromatic heterocycles. The van der Waals surface area contributed by atoms with Crippen LogP contribution in [0, 0.1) is 5.41 Å². The number of carbonyl (C=O) groups excluding carboxylic acids is 2. The molecule has 1 aromatic carbocycles. The number of nitrogens with two attached hydrogens (primary N) is 1. The third kappa shape index (κ3) is 1.56. The van der Waals surface area contributed by atoms with Crippen molar-refractivity contribution in [2.24, 2.45) is 11.1 Å². The van der Waals surface area contributed by atoms with Crippen LogP contribution < -0.4 is 11.1 Å². The van der Waals surface area contributed by atoms with E-state index in [1.165, 1.54) is 0 Å². The number of nitrogens with one attached hydrogen (secondary N) is 1. The first kappa shape index (κ1) is 10.5. The third-order valence-corrected chi connectivity index (χ3v) is 3.72. The van der Waals surface area contributed by atoms with Crippen molar-refractivity contribution in [2.45, 2.75) is 19.3 Å². The van der Waals surface area contributed by atoms with Crippen molar-refractivity contribution >= 4 is 17.4 Å². The zero-order valence-electron chi connectivity index (χ0n) is 9.45. The fourth-order valence-corrected chi connectivity index (χ4v) is 2.35. The summed E-state index contributed by atoms with van der Waals surface area (Å²) < 4.78 is 0. The summed E-state index contributed by atoms with van der Waals surface area (Å²) in [5, 5.41) is 2.76. The lowest BCUT2D eigenvalue weighted by Crippen LogP contribution is -2.25. The number of ketones is 1. The van der Waals surface area contributed by atoms with E-state index >= 15 is 0 Å². The minimum atomic E-state index is -0.315. The normalized spacial score (nSPS) is 19.7. The number of anilines is 1. The lowest BCUT2D eigenvalue weighted by atomic mass is 9.93. The van der Waals surface area contributed by atoms with Crippen molar-refractivity contribution in [3.05, 3.63) is 29.3 Å². The maximum atomic E-state index is 12.3. The van der Waals surface area contributed by atoms with Crippen LogP contribution in [0.15, 0.2) is 18.2 Å². The maximum Gasteiger partial charge on any atom is 0.228 e. The maximum absolute atomic E-state index is 12.3. The van der Waals surface area contributed by atoms with Gasteiger partial charge in [0.1, 0.15) is 0 Å². The topological polar surface area (TPSA) is 72.2 Å². The van der Waals surface area contributed by atoms with Gasteiger partial charge in [0.25, 0.3) is 0 Å². The number of amides is 1. The van der Waals surface area contributed by atoms with Gasteiger partial charge in [-0.1, -0.05) is 0 Å². The molecule has 1 fully saturated rings. The van der Waals surface area contributed by atoms with Gasteiger partial charge < -0.3 is 11.1 Å². The molecule has 1 heterocycles. The van der Waals surface area contributed by atoms with E-state index in [9.17, 15) is 9.59 Å². The van der Waals surface area contributed by atoms with E-state index in [0.717, 1.165) is 24.1 Å². The number of benzene rings is 1. The number of hydrogen-bond acceptors (Lipinski definition) is 3. The van der Waals surface area contributed by atoms with Gasteiger partial charge in [-0.25, -0.2) is 0 Å². The predicted octanol–water partition coefficient (Wildman–Crippen LogP) is 1.10. The quantitative estimate of drug-likeness (QED) is 0.764. The van der Waals surface area contributed by atoms with Crippen molar-refractivity contribution in [1.82, 2.24) is 0 Å². The summed E-state index contributed by atoms with van der Waals surface area (Å²) in [4.78, 5) is 23.5. The molecule has 1 saturated carbocycles. The highest BCUT2D eigenvalue weighted by Crippen LogP contribution is 2.47. The highest BCUT2D eigenvalue weighted by molar-refractivity contribution is 6.05. The second-order valence-corrected chi connectivity index (χ2v) is 4.91. The smallest absolute Gasteiger partial charge is 0.228 e. The Morgan fingerprint density at radius 3 is 2.82 bits per heavy atom. The monoisotopic (exact) mass is 230 g/mol. The summed E-state index contributed by atoms with van der Waals surface area (Å²) in [5.74, 6) is 0.117. The Hall–Kier alpha value is -1.68. The van der Waals surface area contributed by atoms with Crippen LogP contribution >= 0.6 is 0 Å². The first-order valence-electron chi connectivity index (χ1n) is 5.82. The van der Waals surface area contributed by atoms with Crippen LogP contribution in [-0.2, 0) is 11.2 Å². The predicted molar refractivity (Wildman–Crippen MR) is 63.8 cm³/mol. The number of fused-ring (bicyclic) bond motifs is 1. The van der Waals surface area contributed by atoms with E-state index in [-0.39, 0.29) is 17.1 Å². The average Bonchev–Trinajstić information content (AvgIpc) is 3.03. The Labute approximate surface area is 99.2 Å². The Bertz CT molecular complexity index is 518. The summed E-state index contributed by atoms with van der Waals surface area (Å²) in [7, 11) is 0. The third-order valence-electron chi connectivity index (χ3n) is 3.72. The van der Waals surface area contributed by atoms with Gasteiger partial charge >= 0.3 is 0 Å². The molecule has 1 aliphatic heterocycles. The molecule has 0 saturated heterocycles. The van der Waals surface area contributed by atoms with E-state index in [1.54, 1.807) is 12.1 Å². The van der Waals surface area contributed by atoms with Crippen molar-refractivity contribution < 1.29 is 9.59 Å². The molecule has 0 spiro atoms. The van der Waals surface area contributed by atoms with E-state index in [1.807, 2.05) is 6.07 Å². The standard InChI is InChI=1S/C13H14N2O2/c14-7-13(3-4-13)12(17)8-1-2-10-9(5-8)6-11(16)15-10/h1-2,5H,3-4,6-7,14H2,(H,15,16). The van der Waals surface area contributed by atoms with Crippen LogP contribution in [0.1, 0.15) is 28.8 Å². The number of Topliss-reactive ketones (excluding diaryl/α,β-unsaturated/α-hetero) is 1. The van der Waals surface area contributed by atoms with E-state index in [0.29, 0.717) is 18.5 Å². The molecule has 0 radical (unpaired) electrons. The molecule has 1 aliphatic carbocycles. The fourth-order valence-electron chi connectivity index (χ4n) is 2.35. The molecule has 1 amide bonds. The zero-order valence-corrected chi connectivity index (χ0v) is 9.45. The Morgan fingerprint density at radius 2 is 2.18 bits per heavy atom. The molecule has 3 rings (SSSR count). The van der Waals surface area contributed by atoms with Crippen molar-refractivity contribution in [1.29, 1.82) is 0 Å². The van der Waals surface area contributed by atoms with Gasteiger partial charge in [0.05, 0.1) is 6.42 Å². The first-order valence-corrected chi connectivity index (χ1v) is 5.82. The van der Waals surface area contributed by atoms with Crippen LogP contribution in [0.5, 0.6) is 0 Å². The van der Waals surface area contributed by atoms with Crippen molar-refractivity contribution in [3.8, 4) is 0 Å². The molecule has 4 heteroatoms. The SMILES string of the molecule is NCC1(C(=O)c2ccc3c(c2)CC(=O)N3)CC1. The van der Waals surface area contributed by atoms with Gasteiger partial charge in [-0.05, 0) is 36.6 Å². The van der Waals surface area contributed by atoms with Crippen LogP contribution in [0.2, 0.25) is 0 Å². The fraction of sp³-hybridized carbons (Fsp3) is 0.385. The number of carbonyl (C=O) groups is 2. The van der Waals surface area contributed by atoms with Crippen LogP contribution in [0.4, 0.5) is 5.69 Å². The molecule has 0 atom stereocenters. The lowest BCUT2D eigenvalue weighted by Gasteiger charge is -2.11. The molecule has 1 aromatic rings. The van der Waals surface area contributed by atoms with Crippen LogP contribution in [-0.4, -0.2) is 18.2 Å². The van der Waals surface area contributed by atoms with Gasteiger partial charge in [0.2, 0.25) is 5.91 Å². The Morgan fingerprint density at radius 1 is 1.41 bits per heavy atom. The molecule has 88 valence electrons. The molecule has 4 nitrogen and oxygen atoms in total. The molecule has 17 heavy (non-hydrogen) atoms. The molecular weight excluding hydrogens is 216 g/mol. The lowest BCUT2D eigenvalue weighted by molar-refractivity contribution is -0.115. The largest absolute Gasteiger partial charge is 0.329 e. The van der Waals surface area contributed by atoms with Gasteiger partial charge in [-0.2, -0.15) is 0 Å². The first-order chi connectivity index (χ1) is 8.14. The minimum Gasteiger partial charge on any atom is -0.329 e.